The predicted molar refractivity (Wildman–Crippen MR) is 261 cm³/mol. The Morgan fingerprint density at radius 1 is 0.322 bits per heavy atom. The van der Waals surface area contributed by atoms with Crippen LogP contribution >= 0.6 is 0 Å². The third kappa shape index (κ3) is 47.1. The molecule has 0 amide bonds. The van der Waals surface area contributed by atoms with Crippen molar-refractivity contribution in [2.24, 2.45) is 0 Å². The summed E-state index contributed by atoms with van der Waals surface area (Å²) in [5, 5.41) is 0. The molecule has 0 aromatic heterocycles. The molecule has 0 aromatic rings. The van der Waals surface area contributed by atoms with Crippen LogP contribution in [0.2, 0.25) is 0 Å². The zero-order chi connectivity index (χ0) is 44.9. The lowest BCUT2D eigenvalue weighted by Crippen LogP contribution is -2.52. The first-order valence-electron chi connectivity index (χ1n) is 26.6. The van der Waals surface area contributed by atoms with Crippen LogP contribution in [-0.2, 0) is 10.4 Å². The quantitative estimate of drug-likeness (QED) is 0.0265. The molecule has 2 unspecified atom stereocenters. The summed E-state index contributed by atoms with van der Waals surface area (Å²) in [4.78, 5) is 0. The minimum Gasteiger partial charge on any atom is -0.759 e. The molecule has 0 aromatic carbocycles. The van der Waals surface area contributed by atoms with Crippen molar-refractivity contribution < 1.29 is 26.5 Å². The van der Waals surface area contributed by atoms with Gasteiger partial charge in [0.2, 0.25) is 0 Å². The Labute approximate surface area is 374 Å². The molecule has 59 heavy (non-hydrogen) atoms. The van der Waals surface area contributed by atoms with Crippen LogP contribution in [-0.4, -0.2) is 78.8 Å². The Bertz CT molecular complexity index is 816. The molecule has 0 rings (SSSR count). The standard InChI is InChI=1S/2C26H56N.H2O4S/c2*1-6-9-12-15-18-21-24-27(5,25-22-19-16-13-10-7-2)26(4)23-20-17-14-11-8-3;1-5(2,3)4/h2*26H,6-25H2,1-5H3;(H2,1,2,3,4)/q2*+1;/p-2. The van der Waals surface area contributed by atoms with Gasteiger partial charge in [-0.1, -0.05) is 196 Å². The van der Waals surface area contributed by atoms with Crippen LogP contribution in [0.5, 0.6) is 0 Å². The molecule has 6 nitrogen and oxygen atoms in total. The van der Waals surface area contributed by atoms with E-state index in [-0.39, 0.29) is 0 Å². The fourth-order valence-electron chi connectivity index (χ4n) is 8.83. The first-order valence-corrected chi connectivity index (χ1v) is 27.9. The SMILES string of the molecule is CCCCCCCC[N+](C)(CCCCCCCC)C(C)CCCCCCC.CCCCCCCC[N+](C)(CCCCCCCC)C(C)CCCCCCC.O=S(=O)([O-])[O-]. The van der Waals surface area contributed by atoms with Crippen LogP contribution in [0.3, 0.4) is 0 Å². The molecule has 0 heterocycles. The average molecular weight is 862 g/mol. The van der Waals surface area contributed by atoms with Gasteiger partial charge in [-0.05, 0) is 90.9 Å². The van der Waals surface area contributed by atoms with Gasteiger partial charge in [-0.2, -0.15) is 0 Å². The van der Waals surface area contributed by atoms with Crippen LogP contribution < -0.4 is 0 Å². The highest BCUT2D eigenvalue weighted by atomic mass is 32.3. The number of rotatable bonds is 42. The molecule has 0 aliphatic carbocycles. The lowest BCUT2D eigenvalue weighted by Gasteiger charge is -2.41. The van der Waals surface area contributed by atoms with E-state index in [1.54, 1.807) is 0 Å². The van der Waals surface area contributed by atoms with Crippen molar-refractivity contribution in [3.8, 4) is 0 Å². The van der Waals surface area contributed by atoms with E-state index < -0.39 is 10.4 Å². The Hall–Kier alpha value is -0.210. The first-order chi connectivity index (χ1) is 28.2. The lowest BCUT2D eigenvalue weighted by molar-refractivity contribution is -0.932. The maximum Gasteiger partial charge on any atom is 0.0859 e. The van der Waals surface area contributed by atoms with Gasteiger partial charge in [-0.15, -0.1) is 0 Å². The fraction of sp³-hybridized carbons (Fsp3) is 1.00. The van der Waals surface area contributed by atoms with E-state index in [0.717, 1.165) is 12.1 Å². The van der Waals surface area contributed by atoms with E-state index in [9.17, 15) is 0 Å². The van der Waals surface area contributed by atoms with E-state index >= 15 is 0 Å². The highest BCUT2D eigenvalue weighted by Gasteiger charge is 2.29. The van der Waals surface area contributed by atoms with E-state index in [1.165, 1.54) is 266 Å². The van der Waals surface area contributed by atoms with Gasteiger partial charge in [0.1, 0.15) is 0 Å². The van der Waals surface area contributed by atoms with Crippen molar-refractivity contribution in [1.82, 2.24) is 0 Å². The summed E-state index contributed by atoms with van der Waals surface area (Å²) in [6.07, 6.45) is 51.5. The first kappa shape index (κ1) is 63.1. The summed E-state index contributed by atoms with van der Waals surface area (Å²) in [5.74, 6) is 0. The molecule has 0 N–H and O–H groups in total. The fourth-order valence-corrected chi connectivity index (χ4v) is 8.83. The van der Waals surface area contributed by atoms with Crippen molar-refractivity contribution in [2.75, 3.05) is 40.3 Å². The Morgan fingerprint density at radius 3 is 0.661 bits per heavy atom. The van der Waals surface area contributed by atoms with Crippen LogP contribution in [0.1, 0.15) is 287 Å². The summed E-state index contributed by atoms with van der Waals surface area (Å²) < 4.78 is 36.8. The van der Waals surface area contributed by atoms with Gasteiger partial charge >= 0.3 is 0 Å². The largest absolute Gasteiger partial charge is 0.759 e. The number of hydrogen-bond acceptors (Lipinski definition) is 4. The Balaban J connectivity index is -0.000000951. The van der Waals surface area contributed by atoms with Crippen molar-refractivity contribution >= 4 is 10.4 Å². The zero-order valence-electron chi connectivity index (χ0n) is 42.4. The van der Waals surface area contributed by atoms with Crippen molar-refractivity contribution in [3.63, 3.8) is 0 Å². The normalized spacial score (nSPS) is 13.1. The lowest BCUT2D eigenvalue weighted by atomic mass is 10.0. The van der Waals surface area contributed by atoms with Crippen LogP contribution in [0.25, 0.3) is 0 Å². The summed E-state index contributed by atoms with van der Waals surface area (Å²) in [6, 6.07) is 1.69. The van der Waals surface area contributed by atoms with Gasteiger partial charge in [-0.3, -0.25) is 8.42 Å². The highest BCUT2D eigenvalue weighted by Crippen LogP contribution is 2.23. The minimum absolute atomic E-state index is 0.845. The molecule has 0 spiro atoms. The van der Waals surface area contributed by atoms with E-state index in [4.69, 9.17) is 17.5 Å². The van der Waals surface area contributed by atoms with Crippen LogP contribution in [0.4, 0.5) is 0 Å². The molecule has 0 saturated heterocycles. The van der Waals surface area contributed by atoms with E-state index in [0.29, 0.717) is 0 Å². The maximum atomic E-state index is 8.52. The summed E-state index contributed by atoms with van der Waals surface area (Å²) in [5.41, 5.74) is 0. The molecular formula is C52H112N2O4S. The topological polar surface area (TPSA) is 80.3 Å². The van der Waals surface area contributed by atoms with E-state index in [2.05, 4.69) is 69.5 Å². The third-order valence-electron chi connectivity index (χ3n) is 13.7. The second-order valence-corrected chi connectivity index (χ2v) is 20.3. The molecule has 2 atom stereocenters. The molecule has 0 aliphatic rings. The molecule has 0 radical (unpaired) electrons. The third-order valence-corrected chi connectivity index (χ3v) is 13.7. The summed E-state index contributed by atoms with van der Waals surface area (Å²) in [6.45, 7) is 24.7. The van der Waals surface area contributed by atoms with Crippen LogP contribution in [0, 0.1) is 0 Å². The smallest absolute Gasteiger partial charge is 0.0859 e. The second-order valence-electron chi connectivity index (χ2n) is 19.4. The molecule has 360 valence electrons. The predicted octanol–water partition coefficient (Wildman–Crippen LogP) is 16.5. The number of hydrogen-bond donors (Lipinski definition) is 0. The maximum absolute atomic E-state index is 8.52. The Morgan fingerprint density at radius 2 is 0.475 bits per heavy atom. The van der Waals surface area contributed by atoms with Gasteiger partial charge in [0.25, 0.3) is 0 Å². The van der Waals surface area contributed by atoms with Crippen molar-refractivity contribution in [3.05, 3.63) is 0 Å². The van der Waals surface area contributed by atoms with Crippen molar-refractivity contribution in [2.45, 2.75) is 299 Å². The number of quaternary nitrogens is 2. The second kappa shape index (κ2) is 45.8. The summed E-state index contributed by atoms with van der Waals surface area (Å²) >= 11 is 0. The molecule has 7 heteroatoms. The Kier molecular flexibility index (Phi) is 49.0. The van der Waals surface area contributed by atoms with Gasteiger partial charge in [0.05, 0.1) is 52.4 Å². The van der Waals surface area contributed by atoms with E-state index in [1.807, 2.05) is 0 Å². The number of unbranched alkanes of at least 4 members (excludes halogenated alkanes) is 28. The molecular weight excluding hydrogens is 749 g/mol. The van der Waals surface area contributed by atoms with Crippen LogP contribution in [0.15, 0.2) is 0 Å². The highest BCUT2D eigenvalue weighted by molar-refractivity contribution is 7.79. The van der Waals surface area contributed by atoms with Gasteiger partial charge in [0.15, 0.2) is 0 Å². The van der Waals surface area contributed by atoms with Gasteiger partial charge in [-0.25, -0.2) is 0 Å². The minimum atomic E-state index is -5.17. The summed E-state index contributed by atoms with van der Waals surface area (Å²) in [7, 11) is -0.0103. The van der Waals surface area contributed by atoms with Gasteiger partial charge in [0, 0.05) is 10.4 Å². The average Bonchev–Trinajstić information content (AvgIpc) is 3.19. The molecule has 0 aliphatic heterocycles. The molecule has 0 saturated carbocycles. The van der Waals surface area contributed by atoms with Crippen molar-refractivity contribution in [1.29, 1.82) is 0 Å². The molecule has 0 bridgehead atoms. The molecule has 0 fully saturated rings. The monoisotopic (exact) mass is 861 g/mol. The van der Waals surface area contributed by atoms with Gasteiger partial charge < -0.3 is 18.1 Å². The zero-order valence-corrected chi connectivity index (χ0v) is 43.2. The number of nitrogens with zero attached hydrogens (tertiary/aromatic N) is 2.